The van der Waals surface area contributed by atoms with Crippen molar-refractivity contribution < 1.29 is 42.1 Å². The van der Waals surface area contributed by atoms with Crippen LogP contribution in [0.1, 0.15) is 133 Å². The summed E-state index contributed by atoms with van der Waals surface area (Å²) in [5.41, 5.74) is 2.68. The first-order valence-corrected chi connectivity index (χ1v) is 16.9. The molecule has 0 heterocycles. The zero-order valence-corrected chi connectivity index (χ0v) is 26.1. The van der Waals surface area contributed by atoms with Gasteiger partial charge in [-0.25, -0.2) is 0 Å². The molecule has 4 nitrogen and oxygen atoms in total. The number of carboxylic acids is 1. The number of aliphatic hydroxyl groups excluding tert-OH is 1. The molecule has 0 radical (unpaired) electrons. The number of alkyl halides is 5. The third-order valence-electron chi connectivity index (χ3n) is 11.5. The largest absolute Gasteiger partial charge is 0.508 e. The second-order valence-electron chi connectivity index (χ2n) is 14.3. The number of halogens is 5. The molecule has 0 saturated heterocycles. The van der Waals surface area contributed by atoms with Gasteiger partial charge >= 0.3 is 18.1 Å². The summed E-state index contributed by atoms with van der Waals surface area (Å²) >= 11 is 0. The Balaban J connectivity index is 1.16. The molecule has 9 heteroatoms. The van der Waals surface area contributed by atoms with Crippen molar-refractivity contribution in [2.24, 2.45) is 29.1 Å². The van der Waals surface area contributed by atoms with Gasteiger partial charge in [0.2, 0.25) is 0 Å². The maximum Gasteiger partial charge on any atom is 0.453 e. The molecule has 0 aromatic heterocycles. The Morgan fingerprint density at radius 1 is 0.932 bits per heavy atom. The highest BCUT2D eigenvalue weighted by atomic mass is 19.4. The molecule has 1 aromatic rings. The topological polar surface area (TPSA) is 77.8 Å². The second kappa shape index (κ2) is 14.7. The van der Waals surface area contributed by atoms with E-state index in [9.17, 15) is 42.1 Å². The van der Waals surface area contributed by atoms with Gasteiger partial charge in [-0.1, -0.05) is 64.4 Å². The van der Waals surface area contributed by atoms with E-state index in [0.717, 1.165) is 77.0 Å². The SMILES string of the molecule is C[C@]12CCC3c4ccc(O)cc4CC(CCCCCCCCC(CCCCCC(F)(F)C(F)(F)F)C(=O)O)C3C1CCC2O. The molecule has 6 unspecified atom stereocenters. The van der Waals surface area contributed by atoms with Crippen LogP contribution in [0.25, 0.3) is 0 Å². The average molecular weight is 631 g/mol. The maximum atomic E-state index is 13.0. The Morgan fingerprint density at radius 3 is 2.23 bits per heavy atom. The molecule has 2 saturated carbocycles. The van der Waals surface area contributed by atoms with Crippen LogP contribution < -0.4 is 0 Å². The van der Waals surface area contributed by atoms with Crippen LogP contribution in [0.4, 0.5) is 22.0 Å². The summed E-state index contributed by atoms with van der Waals surface area (Å²) in [6, 6.07) is 5.90. The van der Waals surface area contributed by atoms with E-state index in [1.165, 1.54) is 11.1 Å². The molecule has 4 rings (SSSR count). The Hall–Kier alpha value is -1.90. The fourth-order valence-electron chi connectivity index (χ4n) is 8.98. The number of unbranched alkanes of at least 4 members (excludes halogenated alkanes) is 7. The molecule has 3 aliphatic rings. The summed E-state index contributed by atoms with van der Waals surface area (Å²) in [6.45, 7) is 2.30. The molecule has 250 valence electrons. The van der Waals surface area contributed by atoms with Gasteiger partial charge < -0.3 is 15.3 Å². The Kier molecular flexibility index (Phi) is 11.7. The highest BCUT2D eigenvalue weighted by Crippen LogP contribution is 2.62. The van der Waals surface area contributed by atoms with Crippen molar-refractivity contribution in [3.8, 4) is 5.75 Å². The van der Waals surface area contributed by atoms with Gasteiger partial charge in [-0.2, -0.15) is 22.0 Å². The fourth-order valence-corrected chi connectivity index (χ4v) is 8.98. The average Bonchev–Trinajstić information content (AvgIpc) is 3.25. The van der Waals surface area contributed by atoms with Gasteiger partial charge in [0.1, 0.15) is 5.75 Å². The van der Waals surface area contributed by atoms with E-state index in [4.69, 9.17) is 0 Å². The number of hydrogen-bond acceptors (Lipinski definition) is 3. The van der Waals surface area contributed by atoms with Crippen LogP contribution in [0, 0.1) is 29.1 Å². The molecule has 7 atom stereocenters. The van der Waals surface area contributed by atoms with Crippen LogP contribution in [0.3, 0.4) is 0 Å². The number of phenolic OH excluding ortho intramolecular Hbond substituents is 1. The molecule has 44 heavy (non-hydrogen) atoms. The fraction of sp³-hybridized carbons (Fsp3) is 0.800. The van der Waals surface area contributed by atoms with Gasteiger partial charge in [-0.3, -0.25) is 4.79 Å². The van der Waals surface area contributed by atoms with E-state index in [0.29, 0.717) is 48.7 Å². The molecule has 0 spiro atoms. The van der Waals surface area contributed by atoms with Crippen LogP contribution in [0.2, 0.25) is 0 Å². The lowest BCUT2D eigenvalue weighted by molar-refractivity contribution is -0.284. The molecule has 2 fully saturated rings. The van der Waals surface area contributed by atoms with Gasteiger partial charge in [0.15, 0.2) is 0 Å². The van der Waals surface area contributed by atoms with Gasteiger partial charge in [0.25, 0.3) is 0 Å². The smallest absolute Gasteiger partial charge is 0.453 e. The Labute approximate surface area is 258 Å². The number of benzene rings is 1. The minimum Gasteiger partial charge on any atom is -0.508 e. The number of aromatic hydroxyl groups is 1. The highest BCUT2D eigenvalue weighted by molar-refractivity contribution is 5.69. The van der Waals surface area contributed by atoms with Crippen LogP contribution in [0.5, 0.6) is 5.75 Å². The Morgan fingerprint density at radius 2 is 1.57 bits per heavy atom. The van der Waals surface area contributed by atoms with Crippen molar-refractivity contribution in [2.75, 3.05) is 0 Å². The van der Waals surface area contributed by atoms with Crippen molar-refractivity contribution in [3.05, 3.63) is 29.3 Å². The minimum absolute atomic E-state index is 0.00341. The first kappa shape index (κ1) is 35.0. The number of aliphatic carboxylic acids is 1. The van der Waals surface area contributed by atoms with E-state index in [1.54, 1.807) is 0 Å². The summed E-state index contributed by atoms with van der Waals surface area (Å²) in [5.74, 6) is -3.74. The summed E-state index contributed by atoms with van der Waals surface area (Å²) in [4.78, 5) is 11.6. The van der Waals surface area contributed by atoms with E-state index in [-0.39, 0.29) is 24.4 Å². The number of aliphatic hydroxyl groups is 1. The molecular weight excluding hydrogens is 579 g/mol. The standard InChI is InChI=1S/C35H51F5O4/c1-33-20-18-28-27-15-14-26(41)22-25(27)21-24(31(28)29(33)16-17-30(33)42)13-8-5-3-2-4-7-11-23(32(43)44)12-9-6-10-19-34(36,37)35(38,39)40/h14-15,22-24,28-31,41-42H,2-13,16-21H2,1H3,(H,43,44)/t23?,24?,28?,29?,30?,31?,33-/m0/s1. The third-order valence-corrected chi connectivity index (χ3v) is 11.5. The number of fused-ring (bicyclic) bond motifs is 5. The normalized spacial score (nSPS) is 29.1. The van der Waals surface area contributed by atoms with E-state index in [2.05, 4.69) is 13.0 Å². The van der Waals surface area contributed by atoms with Gasteiger partial charge in [-0.15, -0.1) is 0 Å². The van der Waals surface area contributed by atoms with E-state index in [1.807, 2.05) is 12.1 Å². The molecular formula is C35H51F5O4. The minimum atomic E-state index is -5.54. The van der Waals surface area contributed by atoms with Crippen molar-refractivity contribution in [1.29, 1.82) is 0 Å². The summed E-state index contributed by atoms with van der Waals surface area (Å²) in [5, 5.41) is 30.5. The number of phenols is 1. The summed E-state index contributed by atoms with van der Waals surface area (Å²) in [7, 11) is 0. The van der Waals surface area contributed by atoms with Gasteiger partial charge in [-0.05, 0) is 110 Å². The van der Waals surface area contributed by atoms with Gasteiger partial charge in [0.05, 0.1) is 12.0 Å². The number of hydrogen-bond donors (Lipinski definition) is 3. The first-order chi connectivity index (χ1) is 20.7. The Bertz CT molecular complexity index is 1090. The number of carbonyl (C=O) groups is 1. The first-order valence-electron chi connectivity index (χ1n) is 16.9. The summed E-state index contributed by atoms with van der Waals surface area (Å²) < 4.78 is 62.9. The second-order valence-corrected chi connectivity index (χ2v) is 14.3. The molecule has 0 bridgehead atoms. The van der Waals surface area contributed by atoms with E-state index >= 15 is 0 Å². The van der Waals surface area contributed by atoms with Crippen LogP contribution in [0.15, 0.2) is 18.2 Å². The predicted octanol–water partition coefficient (Wildman–Crippen LogP) is 9.80. The van der Waals surface area contributed by atoms with Crippen molar-refractivity contribution >= 4 is 5.97 Å². The van der Waals surface area contributed by atoms with Crippen molar-refractivity contribution in [2.45, 2.75) is 147 Å². The van der Waals surface area contributed by atoms with Crippen LogP contribution in [-0.4, -0.2) is 39.5 Å². The maximum absolute atomic E-state index is 13.0. The molecule has 0 aliphatic heterocycles. The van der Waals surface area contributed by atoms with E-state index < -0.39 is 30.4 Å². The number of carboxylic acid groups (broad SMARTS) is 1. The van der Waals surface area contributed by atoms with Crippen LogP contribution >= 0.6 is 0 Å². The quantitative estimate of drug-likeness (QED) is 0.126. The molecule has 3 N–H and O–H groups in total. The zero-order chi connectivity index (χ0) is 32.1. The number of rotatable bonds is 16. The molecule has 3 aliphatic carbocycles. The lowest BCUT2D eigenvalue weighted by Gasteiger charge is -2.53. The third kappa shape index (κ3) is 8.08. The van der Waals surface area contributed by atoms with Crippen LogP contribution in [-0.2, 0) is 11.2 Å². The monoisotopic (exact) mass is 630 g/mol. The summed E-state index contributed by atoms with van der Waals surface area (Å²) in [6.07, 6.45) is 6.24. The predicted molar refractivity (Wildman–Crippen MR) is 160 cm³/mol. The zero-order valence-electron chi connectivity index (χ0n) is 26.1. The lowest BCUT2D eigenvalue weighted by atomic mass is 9.52. The van der Waals surface area contributed by atoms with Gasteiger partial charge in [0, 0.05) is 6.42 Å². The van der Waals surface area contributed by atoms with Crippen molar-refractivity contribution in [1.82, 2.24) is 0 Å². The van der Waals surface area contributed by atoms with Crippen molar-refractivity contribution in [3.63, 3.8) is 0 Å². The lowest BCUT2D eigenvalue weighted by Crippen LogP contribution is -2.47. The molecule has 0 amide bonds. The molecule has 1 aromatic carbocycles. The highest BCUT2D eigenvalue weighted by Gasteiger charge is 2.57.